The van der Waals surface area contributed by atoms with Crippen LogP contribution in [0.1, 0.15) is 12.8 Å². The van der Waals surface area contributed by atoms with Crippen LogP contribution in [0.4, 0.5) is 0 Å². The van der Waals surface area contributed by atoms with Crippen LogP contribution in [-0.2, 0) is 0 Å². The summed E-state index contributed by atoms with van der Waals surface area (Å²) in [6.07, 6.45) is 1.68. The first kappa shape index (κ1) is 12.7. The van der Waals surface area contributed by atoms with Crippen molar-refractivity contribution in [3.63, 3.8) is 0 Å². The summed E-state index contributed by atoms with van der Waals surface area (Å²) in [5, 5.41) is 8.67. The monoisotopic (exact) mass is 242 g/mol. The van der Waals surface area contributed by atoms with E-state index >= 15 is 0 Å². The number of hydrogen-bond acceptors (Lipinski definition) is 2. The minimum Gasteiger partial charge on any atom is -0.494 e. The third kappa shape index (κ3) is 3.60. The number of aliphatic hydroxyl groups excluding tert-OH is 1. The maximum Gasteiger partial charge on any atom is 0.119 e. The molecule has 2 rings (SSSR count). The fraction of sp³-hybridized carbons (Fsp3) is 0.250. The Balaban J connectivity index is 1.94. The molecule has 2 nitrogen and oxygen atoms in total. The van der Waals surface area contributed by atoms with Crippen molar-refractivity contribution in [3.05, 3.63) is 54.6 Å². The van der Waals surface area contributed by atoms with E-state index in [1.807, 2.05) is 30.3 Å². The molecule has 0 aromatic heterocycles. The minimum absolute atomic E-state index is 0.232. The lowest BCUT2D eigenvalue weighted by molar-refractivity contribution is 0.253. The van der Waals surface area contributed by atoms with Crippen LogP contribution in [0.2, 0.25) is 0 Å². The van der Waals surface area contributed by atoms with E-state index in [1.54, 1.807) is 0 Å². The molecule has 2 aromatic rings. The smallest absolute Gasteiger partial charge is 0.119 e. The Morgan fingerprint density at radius 2 is 1.44 bits per heavy atom. The summed E-state index contributed by atoms with van der Waals surface area (Å²) in [4.78, 5) is 0. The first-order valence-corrected chi connectivity index (χ1v) is 6.29. The molecule has 1 N–H and O–H groups in total. The normalized spacial score (nSPS) is 10.3. The van der Waals surface area contributed by atoms with Gasteiger partial charge in [0, 0.05) is 6.61 Å². The molecule has 0 amide bonds. The SMILES string of the molecule is OCCCCOc1ccc(-c2ccccc2)cc1. The van der Waals surface area contributed by atoms with Crippen molar-refractivity contribution in [2.75, 3.05) is 13.2 Å². The van der Waals surface area contributed by atoms with E-state index in [0.29, 0.717) is 6.61 Å². The summed E-state index contributed by atoms with van der Waals surface area (Å²) < 4.78 is 5.59. The highest BCUT2D eigenvalue weighted by Crippen LogP contribution is 2.22. The molecule has 0 aliphatic carbocycles. The van der Waals surface area contributed by atoms with E-state index in [-0.39, 0.29) is 6.61 Å². The second kappa shape index (κ2) is 6.82. The Kier molecular flexibility index (Phi) is 4.79. The van der Waals surface area contributed by atoms with Crippen LogP contribution in [0.25, 0.3) is 11.1 Å². The molecule has 0 aliphatic rings. The average molecular weight is 242 g/mol. The maximum atomic E-state index is 8.67. The van der Waals surface area contributed by atoms with Gasteiger partial charge in [0.25, 0.3) is 0 Å². The van der Waals surface area contributed by atoms with Crippen molar-refractivity contribution >= 4 is 0 Å². The lowest BCUT2D eigenvalue weighted by Crippen LogP contribution is -1.98. The van der Waals surface area contributed by atoms with Gasteiger partial charge in [-0.1, -0.05) is 42.5 Å². The fourth-order valence-corrected chi connectivity index (χ4v) is 1.78. The van der Waals surface area contributed by atoms with Crippen molar-refractivity contribution in [1.29, 1.82) is 0 Å². The van der Waals surface area contributed by atoms with Crippen molar-refractivity contribution in [2.45, 2.75) is 12.8 Å². The molecule has 0 fully saturated rings. The van der Waals surface area contributed by atoms with Crippen LogP contribution < -0.4 is 4.74 Å². The topological polar surface area (TPSA) is 29.5 Å². The number of ether oxygens (including phenoxy) is 1. The Morgan fingerprint density at radius 3 is 2.11 bits per heavy atom. The molecule has 0 radical (unpaired) electrons. The standard InChI is InChI=1S/C16H18O2/c17-12-4-5-13-18-16-10-8-15(9-11-16)14-6-2-1-3-7-14/h1-3,6-11,17H,4-5,12-13H2. The number of unbranched alkanes of at least 4 members (excludes halogenated alkanes) is 1. The zero-order chi connectivity index (χ0) is 12.6. The average Bonchev–Trinajstić information content (AvgIpc) is 2.45. The Morgan fingerprint density at radius 1 is 0.778 bits per heavy atom. The predicted octanol–water partition coefficient (Wildman–Crippen LogP) is 3.50. The molecule has 0 aliphatic heterocycles. The summed E-state index contributed by atoms with van der Waals surface area (Å²) in [5.41, 5.74) is 2.41. The van der Waals surface area contributed by atoms with Crippen LogP contribution in [0, 0.1) is 0 Å². The van der Waals surface area contributed by atoms with E-state index in [1.165, 1.54) is 11.1 Å². The van der Waals surface area contributed by atoms with Gasteiger partial charge in [-0.05, 0) is 36.1 Å². The molecular formula is C16H18O2. The quantitative estimate of drug-likeness (QED) is 0.785. The van der Waals surface area contributed by atoms with Crippen molar-refractivity contribution < 1.29 is 9.84 Å². The number of hydrogen-bond donors (Lipinski definition) is 1. The molecule has 0 saturated heterocycles. The van der Waals surface area contributed by atoms with Gasteiger partial charge in [-0.15, -0.1) is 0 Å². The Hall–Kier alpha value is -1.80. The molecule has 0 spiro atoms. The summed E-state index contributed by atoms with van der Waals surface area (Å²) in [6.45, 7) is 0.890. The molecule has 18 heavy (non-hydrogen) atoms. The number of rotatable bonds is 6. The number of aliphatic hydroxyl groups is 1. The van der Waals surface area contributed by atoms with E-state index < -0.39 is 0 Å². The molecule has 0 atom stereocenters. The van der Waals surface area contributed by atoms with E-state index in [2.05, 4.69) is 24.3 Å². The largest absolute Gasteiger partial charge is 0.494 e. The van der Waals surface area contributed by atoms with Crippen LogP contribution >= 0.6 is 0 Å². The molecule has 0 heterocycles. The highest BCUT2D eigenvalue weighted by molar-refractivity contribution is 5.63. The van der Waals surface area contributed by atoms with Crippen molar-refractivity contribution in [3.8, 4) is 16.9 Å². The van der Waals surface area contributed by atoms with E-state index in [0.717, 1.165) is 18.6 Å². The minimum atomic E-state index is 0.232. The zero-order valence-corrected chi connectivity index (χ0v) is 10.4. The summed E-state index contributed by atoms with van der Waals surface area (Å²) in [6, 6.07) is 18.4. The van der Waals surface area contributed by atoms with Crippen LogP contribution in [0.15, 0.2) is 54.6 Å². The Labute approximate surface area is 108 Å². The lowest BCUT2D eigenvalue weighted by atomic mass is 10.1. The van der Waals surface area contributed by atoms with E-state index in [9.17, 15) is 0 Å². The first-order valence-electron chi connectivity index (χ1n) is 6.29. The third-order valence-corrected chi connectivity index (χ3v) is 2.78. The molecule has 0 bridgehead atoms. The third-order valence-electron chi connectivity index (χ3n) is 2.78. The summed E-state index contributed by atoms with van der Waals surface area (Å²) in [5.74, 6) is 0.882. The van der Waals surface area contributed by atoms with Gasteiger partial charge < -0.3 is 9.84 Å². The van der Waals surface area contributed by atoms with Gasteiger partial charge in [-0.2, -0.15) is 0 Å². The van der Waals surface area contributed by atoms with Gasteiger partial charge in [-0.3, -0.25) is 0 Å². The lowest BCUT2D eigenvalue weighted by Gasteiger charge is -2.07. The maximum absolute atomic E-state index is 8.67. The van der Waals surface area contributed by atoms with Gasteiger partial charge in [0.2, 0.25) is 0 Å². The molecule has 0 unspecified atom stereocenters. The number of benzene rings is 2. The van der Waals surface area contributed by atoms with Gasteiger partial charge in [0.15, 0.2) is 0 Å². The van der Waals surface area contributed by atoms with Crippen LogP contribution in [0.5, 0.6) is 5.75 Å². The summed E-state index contributed by atoms with van der Waals surface area (Å²) >= 11 is 0. The van der Waals surface area contributed by atoms with Crippen LogP contribution in [0.3, 0.4) is 0 Å². The van der Waals surface area contributed by atoms with Gasteiger partial charge in [-0.25, -0.2) is 0 Å². The van der Waals surface area contributed by atoms with Gasteiger partial charge in [0.1, 0.15) is 5.75 Å². The van der Waals surface area contributed by atoms with Gasteiger partial charge >= 0.3 is 0 Å². The summed E-state index contributed by atoms with van der Waals surface area (Å²) in [7, 11) is 0. The predicted molar refractivity (Wildman–Crippen MR) is 73.7 cm³/mol. The van der Waals surface area contributed by atoms with E-state index in [4.69, 9.17) is 9.84 Å². The highest BCUT2D eigenvalue weighted by Gasteiger charge is 1.97. The first-order chi connectivity index (χ1) is 8.90. The highest BCUT2D eigenvalue weighted by atomic mass is 16.5. The molecule has 2 aromatic carbocycles. The Bertz CT molecular complexity index is 448. The molecule has 0 saturated carbocycles. The fourth-order valence-electron chi connectivity index (χ4n) is 1.78. The second-order valence-corrected chi connectivity index (χ2v) is 4.17. The molecular weight excluding hydrogens is 224 g/mol. The zero-order valence-electron chi connectivity index (χ0n) is 10.4. The second-order valence-electron chi connectivity index (χ2n) is 4.17. The van der Waals surface area contributed by atoms with Gasteiger partial charge in [0.05, 0.1) is 6.61 Å². The van der Waals surface area contributed by atoms with Crippen molar-refractivity contribution in [2.24, 2.45) is 0 Å². The van der Waals surface area contributed by atoms with Crippen molar-refractivity contribution in [1.82, 2.24) is 0 Å². The van der Waals surface area contributed by atoms with Crippen LogP contribution in [-0.4, -0.2) is 18.3 Å². The molecule has 94 valence electrons. The molecule has 2 heteroatoms.